The largest absolute Gasteiger partial charge is 0.497 e. The van der Waals surface area contributed by atoms with Gasteiger partial charge >= 0.3 is 0 Å². The van der Waals surface area contributed by atoms with Crippen LogP contribution in [0, 0.1) is 0 Å². The van der Waals surface area contributed by atoms with Gasteiger partial charge in [0.2, 0.25) is 0 Å². The fourth-order valence-corrected chi connectivity index (χ4v) is 3.31. The molecule has 2 heterocycles. The van der Waals surface area contributed by atoms with Crippen molar-refractivity contribution in [2.75, 3.05) is 19.0 Å². The van der Waals surface area contributed by atoms with E-state index in [4.69, 9.17) is 9.47 Å². The van der Waals surface area contributed by atoms with E-state index < -0.39 is 5.60 Å². The first-order valence-electron chi connectivity index (χ1n) is 8.26. The maximum Gasteiger partial charge on any atom is 0.262 e. The van der Waals surface area contributed by atoms with Crippen LogP contribution in [0.25, 0.3) is 10.9 Å². The molecule has 2 N–H and O–H groups in total. The number of anilines is 1. The number of aromatic amines is 1. The smallest absolute Gasteiger partial charge is 0.262 e. The first kappa shape index (κ1) is 15.7. The lowest BCUT2D eigenvalue weighted by Gasteiger charge is -2.27. The maximum atomic E-state index is 13.1. The van der Waals surface area contributed by atoms with Gasteiger partial charge in [-0.1, -0.05) is 30.3 Å². The number of hydrogen-bond donors (Lipinski definition) is 2. The van der Waals surface area contributed by atoms with Gasteiger partial charge in [-0.05, 0) is 36.6 Å². The third-order valence-corrected chi connectivity index (χ3v) is 4.63. The van der Waals surface area contributed by atoms with Crippen molar-refractivity contribution in [3.05, 3.63) is 54.1 Å². The van der Waals surface area contributed by atoms with Gasteiger partial charge in [0.15, 0.2) is 11.4 Å². The third kappa shape index (κ3) is 2.64. The molecule has 2 aromatic carbocycles. The second-order valence-electron chi connectivity index (χ2n) is 6.08. The standard InChI is InChI=1S/C19H19N3O3/c1-24-14-8-9-16-15(12-14)17(22-21-16)20-18(23)19(10-5-11-25-19)13-6-3-2-4-7-13/h2-4,6-9,12H,5,10-11H2,1H3,(H2,20,21,22,23). The van der Waals surface area contributed by atoms with Gasteiger partial charge in [0.1, 0.15) is 5.75 Å². The summed E-state index contributed by atoms with van der Waals surface area (Å²) in [6, 6.07) is 15.2. The molecule has 0 bridgehead atoms. The number of methoxy groups -OCH3 is 1. The summed E-state index contributed by atoms with van der Waals surface area (Å²) >= 11 is 0. The van der Waals surface area contributed by atoms with Crippen molar-refractivity contribution in [2.24, 2.45) is 0 Å². The van der Waals surface area contributed by atoms with E-state index in [-0.39, 0.29) is 5.91 Å². The molecular formula is C19H19N3O3. The summed E-state index contributed by atoms with van der Waals surface area (Å²) in [6.07, 6.45) is 1.49. The van der Waals surface area contributed by atoms with E-state index in [9.17, 15) is 4.79 Å². The van der Waals surface area contributed by atoms with Crippen LogP contribution in [0.5, 0.6) is 5.75 Å². The van der Waals surface area contributed by atoms with E-state index in [1.54, 1.807) is 7.11 Å². The van der Waals surface area contributed by atoms with Crippen LogP contribution in [0.2, 0.25) is 0 Å². The molecule has 1 aromatic heterocycles. The Bertz CT molecular complexity index is 899. The van der Waals surface area contributed by atoms with E-state index in [0.717, 1.165) is 22.9 Å². The molecule has 4 rings (SSSR count). The fourth-order valence-electron chi connectivity index (χ4n) is 3.31. The zero-order valence-corrected chi connectivity index (χ0v) is 13.9. The summed E-state index contributed by atoms with van der Waals surface area (Å²) in [6.45, 7) is 0.567. The Morgan fingerprint density at radius 2 is 2.12 bits per heavy atom. The quantitative estimate of drug-likeness (QED) is 0.766. The predicted molar refractivity (Wildman–Crippen MR) is 94.6 cm³/mol. The molecule has 0 radical (unpaired) electrons. The van der Waals surface area contributed by atoms with Crippen LogP contribution in [0.4, 0.5) is 5.82 Å². The van der Waals surface area contributed by atoms with Crippen molar-refractivity contribution in [1.82, 2.24) is 10.2 Å². The van der Waals surface area contributed by atoms with Crippen LogP contribution in [0.3, 0.4) is 0 Å². The third-order valence-electron chi connectivity index (χ3n) is 4.63. The number of nitrogens with zero attached hydrogens (tertiary/aromatic N) is 1. The van der Waals surface area contributed by atoms with E-state index in [1.807, 2.05) is 48.5 Å². The van der Waals surface area contributed by atoms with Crippen molar-refractivity contribution in [3.63, 3.8) is 0 Å². The van der Waals surface area contributed by atoms with Crippen LogP contribution >= 0.6 is 0 Å². The Morgan fingerprint density at radius 1 is 1.28 bits per heavy atom. The van der Waals surface area contributed by atoms with Gasteiger partial charge in [-0.25, -0.2) is 0 Å². The summed E-state index contributed by atoms with van der Waals surface area (Å²) in [5, 5.41) is 10.9. The molecule has 1 atom stereocenters. The van der Waals surface area contributed by atoms with Crippen molar-refractivity contribution in [1.29, 1.82) is 0 Å². The molecule has 0 spiro atoms. The number of benzene rings is 2. The molecule has 1 fully saturated rings. The highest BCUT2D eigenvalue weighted by Gasteiger charge is 2.44. The SMILES string of the molecule is COc1ccc2[nH]nc(NC(=O)C3(c4ccccc4)CCCO3)c2c1. The fraction of sp³-hybridized carbons (Fsp3) is 0.263. The van der Waals surface area contributed by atoms with Gasteiger partial charge < -0.3 is 14.8 Å². The number of amides is 1. The molecule has 0 saturated carbocycles. The zero-order valence-electron chi connectivity index (χ0n) is 13.9. The number of carbonyl (C=O) groups excluding carboxylic acids is 1. The highest BCUT2D eigenvalue weighted by molar-refractivity contribution is 6.03. The van der Waals surface area contributed by atoms with Gasteiger partial charge in [0, 0.05) is 12.0 Å². The van der Waals surface area contributed by atoms with Crippen LogP contribution in [-0.2, 0) is 15.1 Å². The summed E-state index contributed by atoms with van der Waals surface area (Å²) in [4.78, 5) is 13.1. The predicted octanol–water partition coefficient (Wildman–Crippen LogP) is 3.22. The van der Waals surface area contributed by atoms with E-state index >= 15 is 0 Å². The number of aromatic nitrogens is 2. The minimum absolute atomic E-state index is 0.201. The van der Waals surface area contributed by atoms with Gasteiger partial charge in [-0.3, -0.25) is 9.89 Å². The topological polar surface area (TPSA) is 76.2 Å². The summed E-state index contributed by atoms with van der Waals surface area (Å²) < 4.78 is 11.2. The zero-order chi connectivity index (χ0) is 17.3. The number of fused-ring (bicyclic) bond motifs is 1. The van der Waals surface area contributed by atoms with Crippen LogP contribution in [0.1, 0.15) is 18.4 Å². The molecule has 1 amide bonds. The molecule has 6 heteroatoms. The maximum absolute atomic E-state index is 13.1. The van der Waals surface area contributed by atoms with Crippen LogP contribution in [-0.4, -0.2) is 29.8 Å². The van der Waals surface area contributed by atoms with Crippen molar-refractivity contribution < 1.29 is 14.3 Å². The number of H-pyrrole nitrogens is 1. The number of nitrogens with one attached hydrogen (secondary N) is 2. The second-order valence-corrected chi connectivity index (χ2v) is 6.08. The lowest BCUT2D eigenvalue weighted by atomic mass is 9.90. The molecule has 1 aliphatic heterocycles. The van der Waals surface area contributed by atoms with E-state index in [0.29, 0.717) is 24.6 Å². The monoisotopic (exact) mass is 337 g/mol. The summed E-state index contributed by atoms with van der Waals surface area (Å²) in [5.41, 5.74) is 0.727. The Balaban J connectivity index is 1.69. The lowest BCUT2D eigenvalue weighted by Crippen LogP contribution is -2.39. The van der Waals surface area contributed by atoms with Gasteiger partial charge in [0.25, 0.3) is 5.91 Å². The Hall–Kier alpha value is -2.86. The number of carbonyl (C=O) groups is 1. The average Bonchev–Trinajstić information content (AvgIpc) is 3.30. The Kier molecular flexibility index (Phi) is 3.89. The molecule has 1 saturated heterocycles. The molecule has 3 aromatic rings. The Labute approximate surface area is 145 Å². The number of rotatable bonds is 4. The minimum atomic E-state index is -0.967. The first-order valence-corrected chi connectivity index (χ1v) is 8.26. The van der Waals surface area contributed by atoms with Gasteiger partial charge in [0.05, 0.1) is 12.6 Å². The second kappa shape index (κ2) is 6.22. The summed E-state index contributed by atoms with van der Waals surface area (Å²) in [5.74, 6) is 0.983. The average molecular weight is 337 g/mol. The molecular weight excluding hydrogens is 318 g/mol. The minimum Gasteiger partial charge on any atom is -0.497 e. The van der Waals surface area contributed by atoms with E-state index in [1.165, 1.54) is 0 Å². The Morgan fingerprint density at radius 3 is 2.84 bits per heavy atom. The van der Waals surface area contributed by atoms with Crippen molar-refractivity contribution in [3.8, 4) is 5.75 Å². The first-order chi connectivity index (χ1) is 12.2. The molecule has 128 valence electrons. The molecule has 25 heavy (non-hydrogen) atoms. The van der Waals surface area contributed by atoms with Crippen LogP contribution < -0.4 is 10.1 Å². The highest BCUT2D eigenvalue weighted by Crippen LogP contribution is 2.37. The number of hydrogen-bond acceptors (Lipinski definition) is 4. The van der Waals surface area contributed by atoms with Crippen LogP contribution in [0.15, 0.2) is 48.5 Å². The normalized spacial score (nSPS) is 19.9. The number of ether oxygens (including phenoxy) is 2. The molecule has 1 aliphatic rings. The summed E-state index contributed by atoms with van der Waals surface area (Å²) in [7, 11) is 1.61. The molecule has 6 nitrogen and oxygen atoms in total. The van der Waals surface area contributed by atoms with Crippen molar-refractivity contribution in [2.45, 2.75) is 18.4 Å². The van der Waals surface area contributed by atoms with Gasteiger partial charge in [-0.2, -0.15) is 5.10 Å². The molecule has 1 unspecified atom stereocenters. The van der Waals surface area contributed by atoms with Crippen molar-refractivity contribution >= 4 is 22.6 Å². The van der Waals surface area contributed by atoms with E-state index in [2.05, 4.69) is 15.5 Å². The molecule has 0 aliphatic carbocycles. The van der Waals surface area contributed by atoms with Gasteiger partial charge in [-0.15, -0.1) is 0 Å². The highest BCUT2D eigenvalue weighted by atomic mass is 16.5. The lowest BCUT2D eigenvalue weighted by molar-refractivity contribution is -0.136.